The summed E-state index contributed by atoms with van der Waals surface area (Å²) >= 11 is 0. The van der Waals surface area contributed by atoms with Crippen LogP contribution in [0, 0.1) is 18.8 Å². The number of amides is 1. The molecule has 0 spiro atoms. The number of alkyl halides is 3. The smallest absolute Gasteiger partial charge is 0.389 e. The third kappa shape index (κ3) is 7.13. The minimum Gasteiger partial charge on any atom is -0.481 e. The Bertz CT molecular complexity index is 1330. The molecule has 0 bridgehead atoms. The molecule has 39 heavy (non-hydrogen) atoms. The van der Waals surface area contributed by atoms with E-state index in [4.69, 9.17) is 0 Å². The van der Waals surface area contributed by atoms with Crippen LogP contribution in [0.25, 0.3) is 11.1 Å². The summed E-state index contributed by atoms with van der Waals surface area (Å²) in [4.78, 5) is 29.4. The van der Waals surface area contributed by atoms with Gasteiger partial charge in [-0.1, -0.05) is 18.2 Å². The molecule has 3 aromatic rings. The lowest BCUT2D eigenvalue weighted by molar-refractivity contribution is -0.143. The quantitative estimate of drug-likeness (QED) is 0.246. The number of piperidine rings is 1. The van der Waals surface area contributed by atoms with Crippen LogP contribution >= 0.6 is 0 Å². The number of aryl methyl sites for hydroxylation is 1. The van der Waals surface area contributed by atoms with E-state index in [1.54, 1.807) is 61.5 Å². The Balaban J connectivity index is 1.53. The highest BCUT2D eigenvalue weighted by Crippen LogP contribution is 2.34. The molecule has 1 aliphatic rings. The molecule has 10 heteroatoms. The van der Waals surface area contributed by atoms with E-state index in [-0.39, 0.29) is 18.9 Å². The zero-order chi connectivity index (χ0) is 28.2. The van der Waals surface area contributed by atoms with Crippen molar-refractivity contribution in [2.75, 3.05) is 18.4 Å². The van der Waals surface area contributed by atoms with E-state index in [0.717, 1.165) is 0 Å². The van der Waals surface area contributed by atoms with Crippen LogP contribution in [0.4, 0.5) is 23.2 Å². The van der Waals surface area contributed by atoms with Crippen molar-refractivity contribution in [1.82, 2.24) is 9.88 Å². The summed E-state index contributed by atoms with van der Waals surface area (Å²) in [6, 6.07) is 14.0. The number of rotatable bonds is 8. The number of likely N-dealkylation sites (tertiary alicyclic amines) is 1. The Labute approximate surface area is 223 Å². The Hall–Kier alpha value is -3.95. The zero-order valence-electron chi connectivity index (χ0n) is 21.3. The third-order valence-corrected chi connectivity index (χ3v) is 6.96. The van der Waals surface area contributed by atoms with E-state index in [0.29, 0.717) is 52.9 Å². The van der Waals surface area contributed by atoms with Crippen LogP contribution < -0.4 is 5.32 Å². The number of nitrogens with zero attached hydrogens (tertiary/aromatic N) is 2. The van der Waals surface area contributed by atoms with Crippen LogP contribution in [0.1, 0.15) is 53.2 Å². The molecule has 1 amide bonds. The number of carbonyl (C=O) groups is 2. The Morgan fingerprint density at radius 2 is 1.90 bits per heavy atom. The van der Waals surface area contributed by atoms with Crippen molar-refractivity contribution in [2.45, 2.75) is 44.8 Å². The molecule has 1 unspecified atom stereocenters. The second-order valence-corrected chi connectivity index (χ2v) is 9.77. The van der Waals surface area contributed by atoms with Crippen LogP contribution in [0.5, 0.6) is 0 Å². The monoisotopic (exact) mass is 543 g/mol. The van der Waals surface area contributed by atoms with Crippen molar-refractivity contribution in [1.29, 1.82) is 0 Å². The average molecular weight is 544 g/mol. The van der Waals surface area contributed by atoms with Crippen molar-refractivity contribution < 1.29 is 32.3 Å². The largest absolute Gasteiger partial charge is 0.481 e. The molecule has 0 aliphatic carbocycles. The van der Waals surface area contributed by atoms with Gasteiger partial charge in [0.15, 0.2) is 0 Å². The van der Waals surface area contributed by atoms with Crippen LogP contribution in [0.2, 0.25) is 0 Å². The molecule has 1 fully saturated rings. The summed E-state index contributed by atoms with van der Waals surface area (Å²) in [5.74, 6) is -2.43. The molecule has 2 aromatic carbocycles. The van der Waals surface area contributed by atoms with Gasteiger partial charge in [0.25, 0.3) is 5.91 Å². The number of pyridine rings is 1. The highest BCUT2D eigenvalue weighted by Gasteiger charge is 2.30. The minimum absolute atomic E-state index is 0.145. The molecule has 1 saturated heterocycles. The highest BCUT2D eigenvalue weighted by atomic mass is 19.4. The van der Waals surface area contributed by atoms with Gasteiger partial charge in [-0.15, -0.1) is 0 Å². The topological polar surface area (TPSA) is 82.5 Å². The van der Waals surface area contributed by atoms with Gasteiger partial charge in [-0.25, -0.2) is 4.98 Å². The second kappa shape index (κ2) is 11.8. The van der Waals surface area contributed by atoms with Crippen LogP contribution in [-0.2, 0) is 4.79 Å². The highest BCUT2D eigenvalue weighted by molar-refractivity contribution is 5.95. The van der Waals surface area contributed by atoms with Gasteiger partial charge < -0.3 is 15.3 Å². The predicted octanol–water partition coefficient (Wildman–Crippen LogP) is 6.63. The number of hydrogen-bond donors (Lipinski definition) is 2. The fourth-order valence-electron chi connectivity index (χ4n) is 4.90. The Morgan fingerprint density at radius 3 is 2.54 bits per heavy atom. The molecule has 1 aliphatic heterocycles. The molecule has 0 radical (unpaired) electrons. The maximum absolute atomic E-state index is 14.2. The molecule has 0 saturated carbocycles. The molecule has 1 aromatic heterocycles. The summed E-state index contributed by atoms with van der Waals surface area (Å²) in [5, 5.41) is 12.4. The second-order valence-electron chi connectivity index (χ2n) is 9.77. The van der Waals surface area contributed by atoms with Gasteiger partial charge in [0, 0.05) is 42.5 Å². The third-order valence-electron chi connectivity index (χ3n) is 6.96. The first-order valence-electron chi connectivity index (χ1n) is 12.7. The standard InChI is InChI=1S/C29H29F4N3O3/c1-18-16-20(24-5-2-14-34-26(24)30)8-11-23(18)25(12-13-29(31,32)33)35-22-9-6-19(7-10-22)27(37)36-15-3-4-21(17-36)28(38)39/h2,5-11,14,16,21,25,35H,3-4,12-13,15,17H2,1H3,(H,38,39)/t21-,25?/m1/s1. The van der Waals surface area contributed by atoms with Crippen molar-refractivity contribution in [3.63, 3.8) is 0 Å². The zero-order valence-corrected chi connectivity index (χ0v) is 21.3. The summed E-state index contributed by atoms with van der Waals surface area (Å²) < 4.78 is 53.6. The number of carboxylic acids is 1. The number of nitrogens with one attached hydrogen (secondary N) is 1. The van der Waals surface area contributed by atoms with Gasteiger partial charge in [-0.05, 0) is 79.3 Å². The van der Waals surface area contributed by atoms with Crippen molar-refractivity contribution >= 4 is 17.6 Å². The molecule has 206 valence electrons. The number of aliphatic carboxylic acids is 1. The van der Waals surface area contributed by atoms with Gasteiger partial charge in [0.1, 0.15) is 0 Å². The maximum atomic E-state index is 14.2. The van der Waals surface area contributed by atoms with Gasteiger partial charge >= 0.3 is 12.1 Å². The van der Waals surface area contributed by atoms with E-state index < -0.39 is 36.5 Å². The lowest BCUT2D eigenvalue weighted by Gasteiger charge is -2.30. The minimum atomic E-state index is -4.34. The lowest BCUT2D eigenvalue weighted by Crippen LogP contribution is -2.42. The van der Waals surface area contributed by atoms with Crippen molar-refractivity contribution in [2.24, 2.45) is 5.92 Å². The Kier molecular flexibility index (Phi) is 8.52. The number of carboxylic acid groups (broad SMARTS) is 1. The van der Waals surface area contributed by atoms with Gasteiger partial charge in [0.05, 0.1) is 12.0 Å². The lowest BCUT2D eigenvalue weighted by atomic mass is 9.93. The van der Waals surface area contributed by atoms with Crippen LogP contribution in [0.3, 0.4) is 0 Å². The molecular formula is C29H29F4N3O3. The molecular weight excluding hydrogens is 514 g/mol. The van der Waals surface area contributed by atoms with E-state index in [2.05, 4.69) is 10.3 Å². The molecule has 2 N–H and O–H groups in total. The molecule has 4 rings (SSSR count). The summed E-state index contributed by atoms with van der Waals surface area (Å²) in [6.45, 7) is 2.38. The van der Waals surface area contributed by atoms with Crippen molar-refractivity contribution in [3.8, 4) is 11.1 Å². The van der Waals surface area contributed by atoms with Crippen LogP contribution in [0.15, 0.2) is 60.8 Å². The SMILES string of the molecule is Cc1cc(-c2cccnc2F)ccc1C(CCC(F)(F)F)Nc1ccc(C(=O)N2CCC[C@@H](C(=O)O)C2)cc1. The van der Waals surface area contributed by atoms with E-state index in [1.165, 1.54) is 11.1 Å². The van der Waals surface area contributed by atoms with Gasteiger partial charge in [-0.3, -0.25) is 9.59 Å². The number of carbonyl (C=O) groups excluding carboxylic acids is 1. The number of anilines is 1. The van der Waals surface area contributed by atoms with E-state index in [9.17, 15) is 32.3 Å². The molecule has 2 atom stereocenters. The summed E-state index contributed by atoms with van der Waals surface area (Å²) in [6.07, 6.45) is -3.09. The number of hydrogen-bond acceptors (Lipinski definition) is 4. The summed E-state index contributed by atoms with van der Waals surface area (Å²) in [7, 11) is 0. The molecule has 6 nitrogen and oxygen atoms in total. The predicted molar refractivity (Wildman–Crippen MR) is 139 cm³/mol. The van der Waals surface area contributed by atoms with Gasteiger partial charge in [0.2, 0.25) is 5.95 Å². The number of halogens is 4. The fraction of sp³-hybridized carbons (Fsp3) is 0.345. The van der Waals surface area contributed by atoms with Gasteiger partial charge in [-0.2, -0.15) is 17.6 Å². The van der Waals surface area contributed by atoms with Crippen LogP contribution in [-0.4, -0.2) is 46.1 Å². The average Bonchev–Trinajstić information content (AvgIpc) is 2.91. The number of benzene rings is 2. The first-order chi connectivity index (χ1) is 18.5. The van der Waals surface area contributed by atoms with Crippen molar-refractivity contribution in [3.05, 3.63) is 83.4 Å². The first-order valence-corrected chi connectivity index (χ1v) is 12.7. The maximum Gasteiger partial charge on any atom is 0.389 e. The van der Waals surface area contributed by atoms with E-state index in [1.807, 2.05) is 0 Å². The number of aromatic nitrogens is 1. The fourth-order valence-corrected chi connectivity index (χ4v) is 4.90. The Morgan fingerprint density at radius 1 is 1.15 bits per heavy atom. The van der Waals surface area contributed by atoms with E-state index >= 15 is 0 Å². The molecule has 2 heterocycles. The summed E-state index contributed by atoms with van der Waals surface area (Å²) in [5.41, 5.74) is 3.11. The normalized spacial score (nSPS) is 16.5. The first kappa shape index (κ1) is 28.1.